The van der Waals surface area contributed by atoms with E-state index < -0.39 is 0 Å². The summed E-state index contributed by atoms with van der Waals surface area (Å²) in [6.45, 7) is 0. The maximum absolute atomic E-state index is 11.9. The van der Waals surface area contributed by atoms with Gasteiger partial charge in [0.05, 0.1) is 5.39 Å². The summed E-state index contributed by atoms with van der Waals surface area (Å²) in [5.74, 6) is 0.369. The van der Waals surface area contributed by atoms with Gasteiger partial charge in [-0.15, -0.1) is 0 Å². The molecule has 0 unspecified atom stereocenters. The van der Waals surface area contributed by atoms with Gasteiger partial charge in [0.1, 0.15) is 0 Å². The van der Waals surface area contributed by atoms with Crippen LogP contribution in [0, 0.1) is 0 Å². The van der Waals surface area contributed by atoms with Gasteiger partial charge in [0.2, 0.25) is 5.78 Å². The molecule has 0 amide bonds. The first-order chi connectivity index (χ1) is 7.36. The number of nitrogens with zero attached hydrogens (tertiary/aromatic N) is 4. The van der Waals surface area contributed by atoms with Crippen LogP contribution in [0.15, 0.2) is 41.6 Å². The molecular weight excluding hydrogens is 192 g/mol. The van der Waals surface area contributed by atoms with Crippen molar-refractivity contribution in [3.05, 3.63) is 47.1 Å². The second-order valence-electron chi connectivity index (χ2n) is 3.08. The van der Waals surface area contributed by atoms with E-state index in [9.17, 15) is 4.79 Å². The minimum atomic E-state index is -0.142. The van der Waals surface area contributed by atoms with E-state index in [2.05, 4.69) is 15.0 Å². The first-order valence-electron chi connectivity index (χ1n) is 4.44. The smallest absolute Gasteiger partial charge is 0.268 e. The monoisotopic (exact) mass is 198 g/mol. The SMILES string of the molecule is O=c1c2cccnc2nc2ncccn12. The predicted molar refractivity (Wildman–Crippen MR) is 54.6 cm³/mol. The predicted octanol–water partition coefficient (Wildman–Crippen LogP) is 0.638. The molecule has 5 nitrogen and oxygen atoms in total. The Morgan fingerprint density at radius 2 is 2.00 bits per heavy atom. The third-order valence-electron chi connectivity index (χ3n) is 2.17. The van der Waals surface area contributed by atoms with Crippen molar-refractivity contribution in [2.45, 2.75) is 0 Å². The summed E-state index contributed by atoms with van der Waals surface area (Å²) < 4.78 is 1.41. The van der Waals surface area contributed by atoms with Gasteiger partial charge in [0.25, 0.3) is 5.56 Å². The Hall–Kier alpha value is -2.30. The molecule has 0 aliphatic heterocycles. The molecule has 0 atom stereocenters. The third-order valence-corrected chi connectivity index (χ3v) is 2.17. The largest absolute Gasteiger partial charge is 0.268 e. The molecule has 0 N–H and O–H groups in total. The number of rotatable bonds is 0. The van der Waals surface area contributed by atoms with Gasteiger partial charge in [-0.05, 0) is 18.2 Å². The van der Waals surface area contributed by atoms with Gasteiger partial charge >= 0.3 is 0 Å². The van der Waals surface area contributed by atoms with Gasteiger partial charge in [-0.1, -0.05) is 0 Å². The van der Waals surface area contributed by atoms with Crippen LogP contribution < -0.4 is 5.56 Å². The van der Waals surface area contributed by atoms with Crippen molar-refractivity contribution in [2.75, 3.05) is 0 Å². The lowest BCUT2D eigenvalue weighted by atomic mass is 10.3. The van der Waals surface area contributed by atoms with Crippen molar-refractivity contribution >= 4 is 16.8 Å². The van der Waals surface area contributed by atoms with Crippen LogP contribution in [0.1, 0.15) is 0 Å². The van der Waals surface area contributed by atoms with Crippen LogP contribution in [0.5, 0.6) is 0 Å². The van der Waals surface area contributed by atoms with Crippen LogP contribution in [0.3, 0.4) is 0 Å². The average Bonchev–Trinajstić information content (AvgIpc) is 2.30. The van der Waals surface area contributed by atoms with Gasteiger partial charge in [-0.2, -0.15) is 4.98 Å². The van der Waals surface area contributed by atoms with Gasteiger partial charge in [0, 0.05) is 18.6 Å². The van der Waals surface area contributed by atoms with Crippen LogP contribution in [0.2, 0.25) is 0 Å². The highest BCUT2D eigenvalue weighted by atomic mass is 16.1. The van der Waals surface area contributed by atoms with Crippen LogP contribution >= 0.6 is 0 Å². The van der Waals surface area contributed by atoms with Crippen molar-refractivity contribution in [3.8, 4) is 0 Å². The van der Waals surface area contributed by atoms with E-state index in [0.717, 1.165) is 0 Å². The summed E-state index contributed by atoms with van der Waals surface area (Å²) in [7, 11) is 0. The Bertz CT molecular complexity index is 647. The molecule has 0 spiro atoms. The molecule has 0 saturated heterocycles. The average molecular weight is 198 g/mol. The zero-order valence-corrected chi connectivity index (χ0v) is 7.66. The summed E-state index contributed by atoms with van der Waals surface area (Å²) in [6, 6.07) is 5.11. The third kappa shape index (κ3) is 1.10. The number of pyridine rings is 1. The van der Waals surface area contributed by atoms with E-state index in [1.54, 1.807) is 36.8 Å². The Morgan fingerprint density at radius 1 is 1.13 bits per heavy atom. The van der Waals surface area contributed by atoms with Crippen molar-refractivity contribution in [3.63, 3.8) is 0 Å². The van der Waals surface area contributed by atoms with E-state index in [4.69, 9.17) is 0 Å². The molecule has 0 radical (unpaired) electrons. The van der Waals surface area contributed by atoms with E-state index in [-0.39, 0.29) is 5.56 Å². The number of fused-ring (bicyclic) bond motifs is 2. The van der Waals surface area contributed by atoms with E-state index in [1.165, 1.54) is 4.40 Å². The quantitative estimate of drug-likeness (QED) is 0.497. The summed E-state index contributed by atoms with van der Waals surface area (Å²) in [6.07, 6.45) is 4.84. The second-order valence-corrected chi connectivity index (χ2v) is 3.08. The molecule has 3 heterocycles. The molecule has 3 aromatic rings. The van der Waals surface area contributed by atoms with Crippen molar-refractivity contribution in [1.82, 2.24) is 19.4 Å². The fourth-order valence-corrected chi connectivity index (χ4v) is 1.48. The van der Waals surface area contributed by atoms with E-state index >= 15 is 0 Å². The molecule has 3 aromatic heterocycles. The zero-order chi connectivity index (χ0) is 10.3. The van der Waals surface area contributed by atoms with Gasteiger partial charge in [-0.3, -0.25) is 9.20 Å². The molecule has 0 aliphatic rings. The van der Waals surface area contributed by atoms with Crippen molar-refractivity contribution in [1.29, 1.82) is 0 Å². The van der Waals surface area contributed by atoms with E-state index in [0.29, 0.717) is 16.8 Å². The lowest BCUT2D eigenvalue weighted by Gasteiger charge is -1.99. The van der Waals surface area contributed by atoms with Gasteiger partial charge in [-0.25, -0.2) is 9.97 Å². The Balaban J connectivity index is 2.66. The number of hydrogen-bond acceptors (Lipinski definition) is 4. The van der Waals surface area contributed by atoms with Gasteiger partial charge < -0.3 is 0 Å². The van der Waals surface area contributed by atoms with Crippen LogP contribution in [0.4, 0.5) is 0 Å². The molecule has 0 aliphatic carbocycles. The minimum absolute atomic E-state index is 0.142. The zero-order valence-electron chi connectivity index (χ0n) is 7.66. The Morgan fingerprint density at radius 3 is 2.93 bits per heavy atom. The van der Waals surface area contributed by atoms with Crippen molar-refractivity contribution < 1.29 is 0 Å². The van der Waals surface area contributed by atoms with Gasteiger partial charge in [0.15, 0.2) is 5.65 Å². The van der Waals surface area contributed by atoms with Crippen molar-refractivity contribution in [2.24, 2.45) is 0 Å². The molecule has 15 heavy (non-hydrogen) atoms. The Labute approximate surface area is 84.1 Å². The summed E-state index contributed by atoms with van der Waals surface area (Å²) in [5, 5.41) is 0.503. The normalized spacial score (nSPS) is 10.9. The second kappa shape index (κ2) is 2.84. The number of hydrogen-bond donors (Lipinski definition) is 0. The molecule has 0 fully saturated rings. The highest BCUT2D eigenvalue weighted by Crippen LogP contribution is 2.03. The van der Waals surface area contributed by atoms with E-state index in [1.807, 2.05) is 0 Å². The first kappa shape index (κ1) is 8.05. The minimum Gasteiger partial charge on any atom is -0.268 e. The van der Waals surface area contributed by atoms with Crippen LogP contribution in [-0.4, -0.2) is 19.4 Å². The highest BCUT2D eigenvalue weighted by molar-refractivity contribution is 5.74. The lowest BCUT2D eigenvalue weighted by molar-refractivity contribution is 1.02. The maximum Gasteiger partial charge on any atom is 0.268 e. The number of aromatic nitrogens is 4. The molecule has 5 heteroatoms. The van der Waals surface area contributed by atoms with Crippen LogP contribution in [0.25, 0.3) is 16.8 Å². The molecule has 72 valence electrons. The first-order valence-corrected chi connectivity index (χ1v) is 4.44. The lowest BCUT2D eigenvalue weighted by Crippen LogP contribution is -2.16. The molecule has 3 rings (SSSR count). The van der Waals surface area contributed by atoms with Crippen LogP contribution in [-0.2, 0) is 0 Å². The highest BCUT2D eigenvalue weighted by Gasteiger charge is 2.04. The Kier molecular flexibility index (Phi) is 1.53. The fourth-order valence-electron chi connectivity index (χ4n) is 1.48. The molecule has 0 bridgehead atoms. The summed E-state index contributed by atoms with van der Waals surface area (Å²) in [4.78, 5) is 24.1. The summed E-state index contributed by atoms with van der Waals surface area (Å²) in [5.41, 5.74) is 0.289. The molecular formula is C10H6N4O. The standard InChI is InChI=1S/C10H6N4O/c15-9-7-3-1-4-11-8(7)13-10-12-5-2-6-14(9)10/h1-6H. The fraction of sp³-hybridized carbons (Fsp3) is 0. The molecule has 0 saturated carbocycles. The molecule has 0 aromatic carbocycles. The maximum atomic E-state index is 11.9. The summed E-state index contributed by atoms with van der Waals surface area (Å²) >= 11 is 0. The topological polar surface area (TPSA) is 60.2 Å².